The van der Waals surface area contributed by atoms with Crippen molar-refractivity contribution in [2.45, 2.75) is 51.7 Å². The molecule has 0 unspecified atom stereocenters. The number of nitriles is 1. The van der Waals surface area contributed by atoms with Gasteiger partial charge < -0.3 is 15.0 Å². The van der Waals surface area contributed by atoms with Gasteiger partial charge in [0.05, 0.1) is 35.9 Å². The van der Waals surface area contributed by atoms with Crippen LogP contribution in [0.25, 0.3) is 10.9 Å². The lowest BCUT2D eigenvalue weighted by atomic mass is 9.84. The topological polar surface area (TPSA) is 77.9 Å². The van der Waals surface area contributed by atoms with Gasteiger partial charge in [-0.15, -0.1) is 0 Å². The second-order valence-electron chi connectivity index (χ2n) is 8.19. The van der Waals surface area contributed by atoms with E-state index in [-0.39, 0.29) is 12.3 Å². The van der Waals surface area contributed by atoms with Gasteiger partial charge in [-0.1, -0.05) is 47.5 Å². The fraction of sp³-hybridized carbons (Fsp3) is 0.360. The lowest BCUT2D eigenvalue weighted by molar-refractivity contribution is -0.133. The number of aryl methyl sites for hydroxylation is 1. The zero-order chi connectivity index (χ0) is 22.0. The van der Waals surface area contributed by atoms with Gasteiger partial charge in [0.1, 0.15) is 5.60 Å². The standard InChI is InChI=1S/C25H26BrN3O2/c1-3-11-25(13-21(30)28-15-17-5-8-19(26)9-6-17)24-20(10-12-31-25)22-18(14-27)7-4-16(2)23(22)29-24/h4-9,29H,3,10-13,15H2,1-2H3,(H,28,30)/t25-/m0/s1. The number of fused-ring (bicyclic) bond motifs is 3. The quantitative estimate of drug-likeness (QED) is 0.497. The highest BCUT2D eigenvalue weighted by Crippen LogP contribution is 2.43. The maximum Gasteiger partial charge on any atom is 0.223 e. The SMILES string of the molecule is CCC[C@@]1(CC(=O)NCc2ccc(Br)cc2)OCCc2c1[nH]c1c(C)ccc(C#N)c21. The summed E-state index contributed by atoms with van der Waals surface area (Å²) in [6, 6.07) is 14.1. The van der Waals surface area contributed by atoms with Crippen LogP contribution in [0.5, 0.6) is 0 Å². The third kappa shape index (κ3) is 4.13. The van der Waals surface area contributed by atoms with E-state index in [2.05, 4.69) is 39.2 Å². The molecule has 0 bridgehead atoms. The minimum atomic E-state index is -0.704. The van der Waals surface area contributed by atoms with E-state index < -0.39 is 5.60 Å². The van der Waals surface area contributed by atoms with Crippen molar-refractivity contribution in [1.82, 2.24) is 10.3 Å². The van der Waals surface area contributed by atoms with Crippen molar-refractivity contribution in [3.8, 4) is 6.07 Å². The van der Waals surface area contributed by atoms with Crippen LogP contribution in [-0.4, -0.2) is 17.5 Å². The van der Waals surface area contributed by atoms with Gasteiger partial charge in [-0.2, -0.15) is 5.26 Å². The van der Waals surface area contributed by atoms with E-state index in [1.165, 1.54) is 0 Å². The van der Waals surface area contributed by atoms with Crippen molar-refractivity contribution in [3.05, 3.63) is 68.8 Å². The summed E-state index contributed by atoms with van der Waals surface area (Å²) in [6.45, 7) is 5.16. The number of carbonyl (C=O) groups is 1. The second kappa shape index (κ2) is 8.86. The fourth-order valence-corrected chi connectivity index (χ4v) is 4.88. The van der Waals surface area contributed by atoms with E-state index in [4.69, 9.17) is 4.74 Å². The number of halogens is 1. The van der Waals surface area contributed by atoms with Crippen molar-refractivity contribution in [3.63, 3.8) is 0 Å². The molecule has 2 aromatic carbocycles. The molecule has 1 amide bonds. The molecule has 0 radical (unpaired) electrons. The number of H-pyrrole nitrogens is 1. The van der Waals surface area contributed by atoms with Crippen molar-refractivity contribution < 1.29 is 9.53 Å². The first-order chi connectivity index (χ1) is 15.0. The summed E-state index contributed by atoms with van der Waals surface area (Å²) >= 11 is 3.43. The van der Waals surface area contributed by atoms with E-state index in [0.29, 0.717) is 18.7 Å². The number of nitrogens with zero attached hydrogens (tertiary/aromatic N) is 1. The highest BCUT2D eigenvalue weighted by molar-refractivity contribution is 9.10. The molecular formula is C25H26BrN3O2. The third-order valence-electron chi connectivity index (χ3n) is 6.08. The predicted molar refractivity (Wildman–Crippen MR) is 125 cm³/mol. The number of rotatable bonds is 6. The maximum absolute atomic E-state index is 13.0. The Morgan fingerprint density at radius 1 is 1.29 bits per heavy atom. The summed E-state index contributed by atoms with van der Waals surface area (Å²) in [5.41, 5.74) is 5.16. The molecule has 3 aromatic rings. The van der Waals surface area contributed by atoms with Gasteiger partial charge in [-0.05, 0) is 54.7 Å². The minimum absolute atomic E-state index is 0.0416. The third-order valence-corrected chi connectivity index (χ3v) is 6.61. The van der Waals surface area contributed by atoms with E-state index in [0.717, 1.165) is 57.0 Å². The van der Waals surface area contributed by atoms with Gasteiger partial charge in [-0.25, -0.2) is 0 Å². The molecule has 1 aliphatic rings. The molecule has 5 nitrogen and oxygen atoms in total. The first kappa shape index (κ1) is 21.6. The number of aromatic nitrogens is 1. The number of carbonyl (C=O) groups excluding carboxylic acids is 1. The zero-order valence-corrected chi connectivity index (χ0v) is 19.4. The van der Waals surface area contributed by atoms with Gasteiger partial charge in [0.15, 0.2) is 0 Å². The molecule has 1 atom stereocenters. The molecule has 31 heavy (non-hydrogen) atoms. The monoisotopic (exact) mass is 479 g/mol. The number of ether oxygens (including phenoxy) is 1. The number of benzene rings is 2. The molecule has 2 heterocycles. The molecule has 0 fully saturated rings. The fourth-order valence-electron chi connectivity index (χ4n) is 4.61. The van der Waals surface area contributed by atoms with Crippen LogP contribution < -0.4 is 5.32 Å². The van der Waals surface area contributed by atoms with E-state index in [1.807, 2.05) is 43.3 Å². The number of hydrogen-bond donors (Lipinski definition) is 2. The summed E-state index contributed by atoms with van der Waals surface area (Å²) in [5.74, 6) is -0.0416. The predicted octanol–water partition coefficient (Wildman–Crippen LogP) is 5.39. The largest absolute Gasteiger partial charge is 0.368 e. The van der Waals surface area contributed by atoms with Crippen molar-refractivity contribution in [2.24, 2.45) is 0 Å². The Morgan fingerprint density at radius 2 is 2.06 bits per heavy atom. The van der Waals surface area contributed by atoms with E-state index in [9.17, 15) is 10.1 Å². The van der Waals surface area contributed by atoms with Crippen LogP contribution in [0.4, 0.5) is 0 Å². The van der Waals surface area contributed by atoms with Crippen LogP contribution in [-0.2, 0) is 28.1 Å². The van der Waals surface area contributed by atoms with Crippen molar-refractivity contribution in [2.75, 3.05) is 6.61 Å². The molecule has 0 saturated carbocycles. The van der Waals surface area contributed by atoms with Crippen LogP contribution in [0.1, 0.15) is 54.1 Å². The average molecular weight is 480 g/mol. The number of hydrogen-bond acceptors (Lipinski definition) is 3. The molecule has 6 heteroatoms. The number of amides is 1. The average Bonchev–Trinajstić information content (AvgIpc) is 3.16. The summed E-state index contributed by atoms with van der Waals surface area (Å²) in [7, 11) is 0. The zero-order valence-electron chi connectivity index (χ0n) is 17.8. The molecule has 160 valence electrons. The lowest BCUT2D eigenvalue weighted by Gasteiger charge is -2.37. The molecule has 2 N–H and O–H groups in total. The number of nitrogens with one attached hydrogen (secondary N) is 2. The second-order valence-corrected chi connectivity index (χ2v) is 9.11. The Bertz CT molecular complexity index is 1160. The molecule has 0 aliphatic carbocycles. The van der Waals surface area contributed by atoms with E-state index >= 15 is 0 Å². The van der Waals surface area contributed by atoms with Crippen LogP contribution in [0.3, 0.4) is 0 Å². The molecule has 0 spiro atoms. The van der Waals surface area contributed by atoms with Crippen molar-refractivity contribution >= 4 is 32.7 Å². The Labute approximate surface area is 190 Å². The van der Waals surface area contributed by atoms with Gasteiger partial charge >= 0.3 is 0 Å². The first-order valence-electron chi connectivity index (χ1n) is 10.7. The smallest absolute Gasteiger partial charge is 0.223 e. The molecule has 1 aliphatic heterocycles. The summed E-state index contributed by atoms with van der Waals surface area (Å²) in [5, 5.41) is 13.7. The van der Waals surface area contributed by atoms with Crippen LogP contribution in [0, 0.1) is 18.3 Å². The minimum Gasteiger partial charge on any atom is -0.368 e. The van der Waals surface area contributed by atoms with Gasteiger partial charge in [0.2, 0.25) is 5.91 Å². The van der Waals surface area contributed by atoms with Crippen LogP contribution in [0.15, 0.2) is 40.9 Å². The molecule has 1 aromatic heterocycles. The Hall–Kier alpha value is -2.62. The first-order valence-corrected chi connectivity index (χ1v) is 11.5. The summed E-state index contributed by atoms with van der Waals surface area (Å²) in [4.78, 5) is 16.5. The van der Waals surface area contributed by atoms with Crippen molar-refractivity contribution in [1.29, 1.82) is 5.26 Å². The Balaban J connectivity index is 1.66. The molecule has 0 saturated heterocycles. The van der Waals surface area contributed by atoms with Gasteiger partial charge in [0, 0.05) is 16.4 Å². The van der Waals surface area contributed by atoms with Crippen LogP contribution >= 0.6 is 15.9 Å². The lowest BCUT2D eigenvalue weighted by Crippen LogP contribution is -2.40. The Morgan fingerprint density at radius 3 is 2.77 bits per heavy atom. The summed E-state index contributed by atoms with van der Waals surface area (Å²) < 4.78 is 7.35. The normalized spacial score (nSPS) is 17.9. The molecular weight excluding hydrogens is 454 g/mol. The van der Waals surface area contributed by atoms with E-state index in [1.54, 1.807) is 0 Å². The highest BCUT2D eigenvalue weighted by Gasteiger charge is 2.41. The van der Waals surface area contributed by atoms with Gasteiger partial charge in [-0.3, -0.25) is 4.79 Å². The van der Waals surface area contributed by atoms with Crippen LogP contribution in [0.2, 0.25) is 0 Å². The molecule has 4 rings (SSSR count). The highest BCUT2D eigenvalue weighted by atomic mass is 79.9. The van der Waals surface area contributed by atoms with Gasteiger partial charge in [0.25, 0.3) is 0 Å². The maximum atomic E-state index is 13.0. The Kier molecular flexibility index (Phi) is 6.17. The number of aromatic amines is 1. The summed E-state index contributed by atoms with van der Waals surface area (Å²) in [6.07, 6.45) is 2.61.